The number of benzene rings is 2. The van der Waals surface area contributed by atoms with E-state index < -0.39 is 0 Å². The van der Waals surface area contributed by atoms with Crippen LogP contribution in [0.3, 0.4) is 0 Å². The van der Waals surface area contributed by atoms with Crippen LogP contribution < -0.4 is 10.1 Å². The van der Waals surface area contributed by atoms with Crippen molar-refractivity contribution in [1.82, 2.24) is 15.5 Å². The number of hydrogen-bond donors (Lipinski definition) is 1. The summed E-state index contributed by atoms with van der Waals surface area (Å²) in [7, 11) is 0. The number of rotatable bonds is 6. The molecule has 0 unspecified atom stereocenters. The lowest BCUT2D eigenvalue weighted by Crippen LogP contribution is -2.12. The van der Waals surface area contributed by atoms with Crippen LogP contribution in [0.4, 0.5) is 0 Å². The average Bonchev–Trinajstić information content (AvgIpc) is 3.31. The molecular weight excluding hydrogens is 326 g/mol. The van der Waals surface area contributed by atoms with Crippen molar-refractivity contribution < 1.29 is 9.26 Å². The summed E-state index contributed by atoms with van der Waals surface area (Å²) in [5.74, 6) is 3.33. The summed E-state index contributed by atoms with van der Waals surface area (Å²) < 4.78 is 11.1. The lowest BCUT2D eigenvalue weighted by molar-refractivity contribution is 0.287. The third-order valence-electron chi connectivity index (χ3n) is 4.96. The maximum absolute atomic E-state index is 5.79. The fraction of sp³-hybridized carbons (Fsp3) is 0.333. The standard InChI is InChI=1S/C21H23N3O2/c1-15-12-22-13-18(15)11-16-7-9-19(10-8-16)25-14-20-23-21(26-24-20)17-5-3-2-4-6-17/h2-10,15,18,22H,11-14H2,1H3/t15-,18+/m0/s1. The van der Waals surface area contributed by atoms with E-state index >= 15 is 0 Å². The van der Waals surface area contributed by atoms with Crippen LogP contribution in [0.25, 0.3) is 11.5 Å². The van der Waals surface area contributed by atoms with Crippen LogP contribution in [0.2, 0.25) is 0 Å². The van der Waals surface area contributed by atoms with E-state index in [9.17, 15) is 0 Å². The van der Waals surface area contributed by atoms with Crippen LogP contribution in [0.1, 0.15) is 18.3 Å². The first-order valence-corrected chi connectivity index (χ1v) is 9.08. The highest BCUT2D eigenvalue weighted by molar-refractivity contribution is 5.51. The molecule has 2 aromatic carbocycles. The van der Waals surface area contributed by atoms with Crippen LogP contribution in [0, 0.1) is 11.8 Å². The molecule has 1 N–H and O–H groups in total. The number of nitrogens with zero attached hydrogens (tertiary/aromatic N) is 2. The fourth-order valence-corrected chi connectivity index (χ4v) is 3.32. The van der Waals surface area contributed by atoms with Crippen molar-refractivity contribution in [1.29, 1.82) is 0 Å². The van der Waals surface area contributed by atoms with Crippen molar-refractivity contribution in [2.75, 3.05) is 13.1 Å². The Kier molecular flexibility index (Phi) is 4.97. The molecule has 5 nitrogen and oxygen atoms in total. The van der Waals surface area contributed by atoms with E-state index in [4.69, 9.17) is 9.26 Å². The molecule has 1 aromatic heterocycles. The molecule has 0 bridgehead atoms. The lowest BCUT2D eigenvalue weighted by atomic mass is 9.91. The topological polar surface area (TPSA) is 60.2 Å². The number of aromatic nitrogens is 2. The molecular formula is C21H23N3O2. The molecule has 4 rings (SSSR count). The lowest BCUT2D eigenvalue weighted by Gasteiger charge is -2.14. The van der Waals surface area contributed by atoms with Crippen molar-refractivity contribution in [3.63, 3.8) is 0 Å². The van der Waals surface area contributed by atoms with Gasteiger partial charge in [-0.2, -0.15) is 4.98 Å². The quantitative estimate of drug-likeness (QED) is 0.735. The van der Waals surface area contributed by atoms with Gasteiger partial charge in [-0.3, -0.25) is 0 Å². The molecule has 26 heavy (non-hydrogen) atoms. The van der Waals surface area contributed by atoms with Crippen molar-refractivity contribution in [3.8, 4) is 17.2 Å². The van der Waals surface area contributed by atoms with Crippen LogP contribution in [0.5, 0.6) is 5.75 Å². The Balaban J connectivity index is 1.33. The molecule has 1 aliphatic rings. The summed E-state index contributed by atoms with van der Waals surface area (Å²) in [5.41, 5.74) is 2.26. The Morgan fingerprint density at radius 1 is 1.08 bits per heavy atom. The summed E-state index contributed by atoms with van der Waals surface area (Å²) >= 11 is 0. The van der Waals surface area contributed by atoms with Crippen molar-refractivity contribution in [2.24, 2.45) is 11.8 Å². The van der Waals surface area contributed by atoms with Gasteiger partial charge in [0.15, 0.2) is 6.61 Å². The first kappa shape index (κ1) is 16.8. The van der Waals surface area contributed by atoms with Gasteiger partial charge >= 0.3 is 0 Å². The minimum Gasteiger partial charge on any atom is -0.485 e. The van der Waals surface area contributed by atoms with Gasteiger partial charge in [0, 0.05) is 5.56 Å². The van der Waals surface area contributed by atoms with Crippen LogP contribution in [-0.2, 0) is 13.0 Å². The van der Waals surface area contributed by atoms with Gasteiger partial charge in [0.1, 0.15) is 5.75 Å². The monoisotopic (exact) mass is 349 g/mol. The molecule has 2 heterocycles. The molecule has 3 aromatic rings. The zero-order valence-corrected chi connectivity index (χ0v) is 14.9. The summed E-state index contributed by atoms with van der Waals surface area (Å²) in [6.45, 7) is 4.85. The van der Waals surface area contributed by atoms with E-state index in [-0.39, 0.29) is 0 Å². The van der Waals surface area contributed by atoms with E-state index in [2.05, 4.69) is 34.5 Å². The highest BCUT2D eigenvalue weighted by Crippen LogP contribution is 2.23. The predicted molar refractivity (Wildman–Crippen MR) is 99.7 cm³/mol. The van der Waals surface area contributed by atoms with E-state index in [0.29, 0.717) is 18.3 Å². The third-order valence-corrected chi connectivity index (χ3v) is 4.96. The van der Waals surface area contributed by atoms with E-state index in [1.807, 2.05) is 42.5 Å². The molecule has 0 amide bonds. The third kappa shape index (κ3) is 3.94. The second-order valence-corrected chi connectivity index (χ2v) is 6.91. The van der Waals surface area contributed by atoms with Crippen molar-refractivity contribution >= 4 is 0 Å². The largest absolute Gasteiger partial charge is 0.485 e. The molecule has 0 radical (unpaired) electrons. The second kappa shape index (κ2) is 7.70. The molecule has 1 fully saturated rings. The molecule has 0 aliphatic carbocycles. The van der Waals surface area contributed by atoms with Gasteiger partial charge in [-0.25, -0.2) is 0 Å². The predicted octanol–water partition coefficient (Wildman–Crippen LogP) is 3.71. The summed E-state index contributed by atoms with van der Waals surface area (Å²) in [4.78, 5) is 4.38. The van der Waals surface area contributed by atoms with Gasteiger partial charge in [0.2, 0.25) is 5.82 Å². The minimum atomic E-state index is 0.291. The van der Waals surface area contributed by atoms with Crippen LogP contribution in [-0.4, -0.2) is 23.2 Å². The Bertz CT molecular complexity index is 830. The molecule has 1 aliphatic heterocycles. The maximum Gasteiger partial charge on any atom is 0.258 e. The molecule has 2 atom stereocenters. The Hall–Kier alpha value is -2.66. The van der Waals surface area contributed by atoms with Gasteiger partial charge < -0.3 is 14.6 Å². The molecule has 134 valence electrons. The molecule has 0 saturated carbocycles. The zero-order valence-electron chi connectivity index (χ0n) is 14.9. The number of ether oxygens (including phenoxy) is 1. The number of nitrogens with one attached hydrogen (secondary N) is 1. The van der Waals surface area contributed by atoms with Gasteiger partial charge in [0.25, 0.3) is 5.89 Å². The van der Waals surface area contributed by atoms with Crippen LogP contribution in [0.15, 0.2) is 59.1 Å². The van der Waals surface area contributed by atoms with E-state index in [1.54, 1.807) is 0 Å². The summed E-state index contributed by atoms with van der Waals surface area (Å²) in [5, 5.41) is 7.44. The zero-order chi connectivity index (χ0) is 17.8. The highest BCUT2D eigenvalue weighted by atomic mass is 16.5. The van der Waals surface area contributed by atoms with Gasteiger partial charge in [-0.15, -0.1) is 0 Å². The SMILES string of the molecule is C[C@H]1CNC[C@H]1Cc1ccc(OCc2noc(-c3ccccc3)n2)cc1. The highest BCUT2D eigenvalue weighted by Gasteiger charge is 2.22. The minimum absolute atomic E-state index is 0.291. The Labute approximate surface area is 153 Å². The van der Waals surface area contributed by atoms with Gasteiger partial charge in [-0.1, -0.05) is 42.4 Å². The first-order chi connectivity index (χ1) is 12.8. The fourth-order valence-electron chi connectivity index (χ4n) is 3.32. The van der Waals surface area contributed by atoms with Crippen molar-refractivity contribution in [2.45, 2.75) is 20.0 Å². The van der Waals surface area contributed by atoms with Crippen molar-refractivity contribution in [3.05, 3.63) is 66.0 Å². The average molecular weight is 349 g/mol. The van der Waals surface area contributed by atoms with E-state index in [0.717, 1.165) is 42.7 Å². The summed E-state index contributed by atoms with van der Waals surface area (Å²) in [6, 6.07) is 18.0. The van der Waals surface area contributed by atoms with Gasteiger partial charge in [-0.05, 0) is 61.2 Å². The summed E-state index contributed by atoms with van der Waals surface area (Å²) in [6.07, 6.45) is 1.11. The molecule has 0 spiro atoms. The maximum atomic E-state index is 5.79. The Morgan fingerprint density at radius 2 is 1.88 bits per heavy atom. The van der Waals surface area contributed by atoms with Gasteiger partial charge in [0.05, 0.1) is 0 Å². The molecule has 5 heteroatoms. The van der Waals surface area contributed by atoms with E-state index in [1.165, 1.54) is 5.56 Å². The Morgan fingerprint density at radius 3 is 2.62 bits per heavy atom. The number of hydrogen-bond acceptors (Lipinski definition) is 5. The normalized spacial score (nSPS) is 19.6. The second-order valence-electron chi connectivity index (χ2n) is 6.91. The molecule has 1 saturated heterocycles. The van der Waals surface area contributed by atoms with Crippen LogP contribution >= 0.6 is 0 Å². The first-order valence-electron chi connectivity index (χ1n) is 9.08. The smallest absolute Gasteiger partial charge is 0.258 e.